The molecule has 1 N–H and O–H groups in total. The van der Waals surface area contributed by atoms with Crippen molar-refractivity contribution in [2.75, 3.05) is 12.9 Å². The van der Waals surface area contributed by atoms with E-state index in [0.717, 1.165) is 10.5 Å². The predicted octanol–water partition coefficient (Wildman–Crippen LogP) is 3.89. The average molecular weight is 347 g/mol. The molecule has 6 heteroatoms. The van der Waals surface area contributed by atoms with Crippen LogP contribution in [-0.4, -0.2) is 29.8 Å². The van der Waals surface area contributed by atoms with Gasteiger partial charge in [-0.25, -0.2) is 9.59 Å². The highest BCUT2D eigenvalue weighted by molar-refractivity contribution is 7.98. The van der Waals surface area contributed by atoms with Gasteiger partial charge in [0.15, 0.2) is 0 Å². The number of ether oxygens (including phenoxy) is 2. The van der Waals surface area contributed by atoms with Gasteiger partial charge in [0, 0.05) is 10.6 Å². The van der Waals surface area contributed by atoms with Crippen molar-refractivity contribution in [2.45, 2.75) is 32.3 Å². The molecule has 0 amide bonds. The highest BCUT2D eigenvalue weighted by atomic mass is 32.2. The molecule has 2 aromatic rings. The third-order valence-corrected chi connectivity index (χ3v) is 4.39. The Labute approximate surface area is 145 Å². The van der Waals surface area contributed by atoms with Crippen LogP contribution in [0, 0.1) is 13.8 Å². The molecule has 0 radical (unpaired) electrons. The first-order valence-corrected chi connectivity index (χ1v) is 8.86. The second-order valence-corrected chi connectivity index (χ2v) is 6.15. The maximum atomic E-state index is 12.3. The molecule has 1 aromatic heterocycles. The van der Waals surface area contributed by atoms with Gasteiger partial charge in [0.25, 0.3) is 0 Å². The Bertz CT molecular complexity index is 734. The van der Waals surface area contributed by atoms with Crippen molar-refractivity contribution in [3.63, 3.8) is 0 Å². The first kappa shape index (κ1) is 18.1. The number of nitrogens with one attached hydrogen (secondary N) is 1. The van der Waals surface area contributed by atoms with Crippen LogP contribution < -0.4 is 0 Å². The first-order valence-electron chi connectivity index (χ1n) is 7.64. The fourth-order valence-corrected chi connectivity index (χ4v) is 2.81. The van der Waals surface area contributed by atoms with E-state index in [1.54, 1.807) is 32.5 Å². The van der Waals surface area contributed by atoms with E-state index >= 15 is 0 Å². The topological polar surface area (TPSA) is 68.4 Å². The van der Waals surface area contributed by atoms with E-state index in [0.29, 0.717) is 16.8 Å². The van der Waals surface area contributed by atoms with Gasteiger partial charge in [-0.1, -0.05) is 12.1 Å². The standard InChI is InChI=1S/C18H21NO4S/c1-5-22-17(20)15-11(2)16(19-12(15)3)18(21)23-10-13-6-8-14(24-4)9-7-13/h6-9,19H,5,10H2,1-4H3. The molecule has 0 saturated carbocycles. The van der Waals surface area contributed by atoms with Crippen molar-refractivity contribution in [3.05, 3.63) is 52.3 Å². The number of aromatic nitrogens is 1. The summed E-state index contributed by atoms with van der Waals surface area (Å²) >= 11 is 1.66. The first-order chi connectivity index (χ1) is 11.5. The average Bonchev–Trinajstić information content (AvgIpc) is 2.88. The summed E-state index contributed by atoms with van der Waals surface area (Å²) in [5.41, 5.74) is 2.74. The zero-order valence-corrected chi connectivity index (χ0v) is 15.1. The molecule has 0 aliphatic rings. The highest BCUT2D eigenvalue weighted by Crippen LogP contribution is 2.21. The van der Waals surface area contributed by atoms with Crippen LogP contribution in [0.25, 0.3) is 0 Å². The summed E-state index contributed by atoms with van der Waals surface area (Å²) in [4.78, 5) is 28.3. The minimum atomic E-state index is -0.486. The van der Waals surface area contributed by atoms with E-state index < -0.39 is 11.9 Å². The number of aryl methyl sites for hydroxylation is 1. The van der Waals surface area contributed by atoms with E-state index in [4.69, 9.17) is 9.47 Å². The second-order valence-electron chi connectivity index (χ2n) is 5.27. The quantitative estimate of drug-likeness (QED) is 0.634. The Hall–Kier alpha value is -2.21. The number of hydrogen-bond acceptors (Lipinski definition) is 5. The number of benzene rings is 1. The second kappa shape index (κ2) is 8.06. The number of aromatic amines is 1. The Morgan fingerprint density at radius 2 is 1.75 bits per heavy atom. The monoisotopic (exact) mass is 347 g/mol. The summed E-state index contributed by atoms with van der Waals surface area (Å²) in [7, 11) is 0. The highest BCUT2D eigenvalue weighted by Gasteiger charge is 2.23. The lowest BCUT2D eigenvalue weighted by molar-refractivity contribution is 0.0465. The van der Waals surface area contributed by atoms with Crippen LogP contribution in [-0.2, 0) is 16.1 Å². The molecule has 0 aliphatic heterocycles. The van der Waals surface area contributed by atoms with Crippen LogP contribution in [0.5, 0.6) is 0 Å². The van der Waals surface area contributed by atoms with Crippen LogP contribution in [0.15, 0.2) is 29.2 Å². The zero-order chi connectivity index (χ0) is 17.7. The van der Waals surface area contributed by atoms with Crippen LogP contribution in [0.3, 0.4) is 0 Å². The molecule has 0 aliphatic carbocycles. The Balaban J connectivity index is 2.09. The van der Waals surface area contributed by atoms with Crippen molar-refractivity contribution < 1.29 is 19.1 Å². The van der Waals surface area contributed by atoms with Gasteiger partial charge in [-0.2, -0.15) is 0 Å². The van der Waals surface area contributed by atoms with Crippen molar-refractivity contribution in [1.29, 1.82) is 0 Å². The van der Waals surface area contributed by atoms with E-state index in [9.17, 15) is 9.59 Å². The summed E-state index contributed by atoms with van der Waals surface area (Å²) in [6, 6.07) is 7.82. The summed E-state index contributed by atoms with van der Waals surface area (Å²) in [6.07, 6.45) is 2.01. The van der Waals surface area contributed by atoms with E-state index in [2.05, 4.69) is 4.98 Å². The smallest absolute Gasteiger partial charge is 0.355 e. The molecule has 0 unspecified atom stereocenters. The Kier molecular flexibility index (Phi) is 6.09. The third-order valence-electron chi connectivity index (χ3n) is 3.65. The normalized spacial score (nSPS) is 10.5. The predicted molar refractivity (Wildman–Crippen MR) is 93.6 cm³/mol. The lowest BCUT2D eigenvalue weighted by Gasteiger charge is -2.06. The number of hydrogen-bond donors (Lipinski definition) is 1. The molecule has 24 heavy (non-hydrogen) atoms. The maximum absolute atomic E-state index is 12.3. The van der Waals surface area contributed by atoms with Crippen LogP contribution in [0.1, 0.15) is 44.6 Å². The zero-order valence-electron chi connectivity index (χ0n) is 14.3. The van der Waals surface area contributed by atoms with Gasteiger partial charge in [-0.05, 0) is 50.3 Å². The molecule has 128 valence electrons. The summed E-state index contributed by atoms with van der Waals surface area (Å²) in [5, 5.41) is 0. The number of thioether (sulfide) groups is 1. The number of carbonyl (C=O) groups excluding carboxylic acids is 2. The van der Waals surface area contributed by atoms with E-state index in [1.165, 1.54) is 0 Å². The van der Waals surface area contributed by atoms with Crippen molar-refractivity contribution in [2.24, 2.45) is 0 Å². The molecule has 0 fully saturated rings. The summed E-state index contributed by atoms with van der Waals surface area (Å²) < 4.78 is 10.4. The SMILES string of the molecule is CCOC(=O)c1c(C)[nH]c(C(=O)OCc2ccc(SC)cc2)c1C. The van der Waals surface area contributed by atoms with Gasteiger partial charge in [-0.3, -0.25) is 0 Å². The minimum absolute atomic E-state index is 0.180. The number of H-pyrrole nitrogens is 1. The largest absolute Gasteiger partial charge is 0.462 e. The van der Waals surface area contributed by atoms with Crippen molar-refractivity contribution in [3.8, 4) is 0 Å². The molecule has 1 aromatic carbocycles. The molecule has 0 spiro atoms. The van der Waals surface area contributed by atoms with Gasteiger partial charge < -0.3 is 14.5 Å². The summed E-state index contributed by atoms with van der Waals surface area (Å²) in [6.45, 7) is 5.65. The van der Waals surface area contributed by atoms with Crippen LogP contribution in [0.2, 0.25) is 0 Å². The van der Waals surface area contributed by atoms with Crippen LogP contribution >= 0.6 is 11.8 Å². The van der Waals surface area contributed by atoms with E-state index in [1.807, 2.05) is 30.5 Å². The lowest BCUT2D eigenvalue weighted by Crippen LogP contribution is -2.09. The molecule has 2 rings (SSSR count). The fourth-order valence-electron chi connectivity index (χ4n) is 2.41. The molecular weight excluding hydrogens is 326 g/mol. The maximum Gasteiger partial charge on any atom is 0.355 e. The molecule has 0 atom stereocenters. The number of carbonyl (C=O) groups is 2. The Morgan fingerprint density at radius 1 is 1.08 bits per heavy atom. The van der Waals surface area contributed by atoms with Gasteiger partial charge in [-0.15, -0.1) is 11.8 Å². The van der Waals surface area contributed by atoms with Gasteiger partial charge in [0.1, 0.15) is 12.3 Å². The lowest BCUT2D eigenvalue weighted by atomic mass is 10.1. The van der Waals surface area contributed by atoms with Gasteiger partial charge in [0.05, 0.1) is 12.2 Å². The van der Waals surface area contributed by atoms with E-state index in [-0.39, 0.29) is 18.9 Å². The van der Waals surface area contributed by atoms with Crippen molar-refractivity contribution in [1.82, 2.24) is 4.98 Å². The fraction of sp³-hybridized carbons (Fsp3) is 0.333. The molecule has 0 saturated heterocycles. The number of esters is 2. The summed E-state index contributed by atoms with van der Waals surface area (Å²) in [5.74, 6) is -0.921. The van der Waals surface area contributed by atoms with Gasteiger partial charge >= 0.3 is 11.9 Å². The van der Waals surface area contributed by atoms with Crippen LogP contribution in [0.4, 0.5) is 0 Å². The van der Waals surface area contributed by atoms with Gasteiger partial charge in [0.2, 0.25) is 0 Å². The minimum Gasteiger partial charge on any atom is -0.462 e. The molecular formula is C18H21NO4S. The molecule has 0 bridgehead atoms. The number of rotatable bonds is 6. The molecule has 1 heterocycles. The third kappa shape index (κ3) is 4.00. The van der Waals surface area contributed by atoms with Crippen molar-refractivity contribution >= 4 is 23.7 Å². The Morgan fingerprint density at radius 3 is 2.33 bits per heavy atom. The molecule has 5 nitrogen and oxygen atoms in total.